The standard InChI is InChI=1S/C22H40O8P2.C22H20P2S2.C16H28O4P2.C14H24O4P2.C14H28P2.C10H20O4P2/c1-19(23-5)21(3,25-7)29-15-13(27-19)11-31(9)17(15)18-16-14(12-32(18)10)28-20(2,24-6)22(4,26-8)30-16;1-23-11-15-13-7-3-5-9-17(13)25-21(15)19(23)20-22-16(12-24(20)2)14-8-4-6-10-18(14)26-22;1-15(2)17-9-7-21(5)13(11(9)19-15)14-12-10(8-22(14)6)18-16(3,4)20-12;1-7-15-9-5-19(3)13(11(9)17-7)14-12-10(6-20(14)4)16-8(2)18-12;1-9-7-15(5)13(11(9)3)14-12(4)10(2)8-16(14)6;1-15-3-5(11)7(13)9(15)10-8(14)6(12)4-16(10)2/h13-18H,11-12H2,1-10H3;3-10,19-20H,11-12H2,1-2H3;9-14H,7-8H2,1-6H3;7-14H,5-6H2,1-4H3;9-14H,7-8H2,1-6H3;5-14H,3-4H2,1-2H3/t13-,14?,15+,16+,17-,18-,19+,20+,21+,22+,31-,32+;19-,20-,23-,24-;9-,10-,11+,12+,13-,14-,21-,22+;7?,8?,9-,10-,11+,12+,13-,14-,19-,20+;9-,10-,11+,12+,13-,14-,15-,16+;5-,6-,7+,8+,9-,10-,15+,16+/m101111/s1. The average molecular weight is 2090 g/mol. The Balaban J connectivity index is 0.000000112. The van der Waals surface area contributed by atoms with Gasteiger partial charge in [0.1, 0.15) is 0 Å². The molecule has 0 aliphatic carbocycles. The molecule has 744 valence electrons. The minimum absolute atomic E-state index is 0.00624. The maximum absolute atomic E-state index is 9.99. The molecule has 18 aliphatic heterocycles. The summed E-state index contributed by atoms with van der Waals surface area (Å²) in [6, 6.07) is 18.2. The highest BCUT2D eigenvalue weighted by molar-refractivity contribution is 7.65. The molecule has 16 fully saturated rings. The Kier molecular flexibility index (Phi) is 33.2. The normalized spacial score (nSPS) is 52.1. The summed E-state index contributed by atoms with van der Waals surface area (Å²) in [6.07, 6.45) is 13.1. The summed E-state index contributed by atoms with van der Waals surface area (Å²) in [4.78, 5) is 3.48. The van der Waals surface area contributed by atoms with Crippen molar-refractivity contribution in [2.45, 2.75) is 322 Å². The summed E-state index contributed by atoms with van der Waals surface area (Å²) in [7, 11) is 5.54. The van der Waals surface area contributed by atoms with Crippen molar-refractivity contribution in [3.05, 3.63) is 69.4 Å². The van der Waals surface area contributed by atoms with Crippen LogP contribution in [0.25, 0.3) is 20.2 Å². The number of benzene rings is 2. The summed E-state index contributed by atoms with van der Waals surface area (Å²) >= 11 is 4.20. The number of aliphatic hydroxyl groups excluding tert-OH is 4. The van der Waals surface area contributed by atoms with Crippen LogP contribution in [0.15, 0.2) is 48.5 Å². The van der Waals surface area contributed by atoms with Crippen LogP contribution in [0.2, 0.25) is 0 Å². The first kappa shape index (κ1) is 106. The molecule has 22 rings (SSSR count). The third kappa shape index (κ3) is 19.6. The molecule has 16 saturated heterocycles. The van der Waals surface area contributed by atoms with E-state index in [1.165, 1.54) is 46.4 Å². The summed E-state index contributed by atoms with van der Waals surface area (Å²) in [5.74, 6) is -0.815. The summed E-state index contributed by atoms with van der Waals surface area (Å²) in [5.41, 5.74) is 10.3. The second-order valence-electron chi connectivity index (χ2n) is 43.7. The molecule has 34 heteroatoms. The van der Waals surface area contributed by atoms with Crippen molar-refractivity contribution in [3.8, 4) is 0 Å². The minimum atomic E-state index is -1.00. The molecule has 0 saturated carbocycles. The zero-order valence-electron chi connectivity index (χ0n) is 84.2. The molecular formula is C98H160O20P12S2. The minimum Gasteiger partial charge on any atom is -0.390 e. The number of ether oxygens (including phenoxy) is 16. The maximum Gasteiger partial charge on any atom is 0.220 e. The van der Waals surface area contributed by atoms with Crippen molar-refractivity contribution in [1.82, 2.24) is 0 Å². The number of methoxy groups -OCH3 is 4. The van der Waals surface area contributed by atoms with Gasteiger partial charge in [-0.25, -0.2) is 0 Å². The molecule has 20 nitrogen and oxygen atoms in total. The average Bonchev–Trinajstić information content (AvgIpc) is 1.52. The largest absolute Gasteiger partial charge is 0.390 e. The lowest BCUT2D eigenvalue weighted by molar-refractivity contribution is -0.448. The first-order valence-corrected chi connectivity index (χ1v) is 74.8. The van der Waals surface area contributed by atoms with Crippen LogP contribution in [0.4, 0.5) is 0 Å². The number of thiophene rings is 2. The van der Waals surface area contributed by atoms with Crippen LogP contribution in [0.5, 0.6) is 0 Å². The Morgan fingerprint density at radius 2 is 0.576 bits per heavy atom. The topological polar surface area (TPSA) is 229 Å². The van der Waals surface area contributed by atoms with Crippen LogP contribution >= 0.6 is 118 Å². The summed E-state index contributed by atoms with van der Waals surface area (Å²) in [5, 5.41) is 42.4. The van der Waals surface area contributed by atoms with E-state index in [-0.39, 0.29) is 136 Å². The molecule has 0 amide bonds. The molecule has 20 heterocycles. The van der Waals surface area contributed by atoms with Crippen LogP contribution < -0.4 is 0 Å². The molecule has 50 atom stereocenters. The first-order valence-electron chi connectivity index (χ1n) is 48.6. The van der Waals surface area contributed by atoms with Crippen molar-refractivity contribution in [3.63, 3.8) is 0 Å². The van der Waals surface area contributed by atoms with Gasteiger partial charge in [-0.15, -0.1) is 102 Å². The van der Waals surface area contributed by atoms with Gasteiger partial charge in [-0.1, -0.05) is 79.9 Å². The van der Waals surface area contributed by atoms with Crippen LogP contribution in [0.3, 0.4) is 0 Å². The molecule has 2 aromatic carbocycles. The van der Waals surface area contributed by atoms with Crippen LogP contribution in [-0.2, 0) is 88.1 Å². The van der Waals surface area contributed by atoms with Gasteiger partial charge in [0.25, 0.3) is 0 Å². The highest BCUT2D eigenvalue weighted by Crippen LogP contribution is 2.78. The van der Waals surface area contributed by atoms with Gasteiger partial charge in [-0.05, 0) is 292 Å². The van der Waals surface area contributed by atoms with Gasteiger partial charge < -0.3 is 96.2 Å². The van der Waals surface area contributed by atoms with Crippen molar-refractivity contribution >= 4 is 138 Å². The predicted octanol–water partition coefficient (Wildman–Crippen LogP) is 20.3. The van der Waals surface area contributed by atoms with Gasteiger partial charge in [0, 0.05) is 104 Å². The molecule has 3 unspecified atom stereocenters. The summed E-state index contributed by atoms with van der Waals surface area (Å²) in [6.45, 7) is 58.7. The van der Waals surface area contributed by atoms with Gasteiger partial charge in [0.2, 0.25) is 23.1 Å². The fraction of sp³-hybridized carbons (Fsp3) is 0.837. The van der Waals surface area contributed by atoms with Crippen LogP contribution in [0.1, 0.15) is 129 Å². The highest BCUT2D eigenvalue weighted by Gasteiger charge is 2.69. The second-order valence-corrected chi connectivity index (χ2v) is 75.4. The lowest BCUT2D eigenvalue weighted by Gasteiger charge is -2.53. The van der Waals surface area contributed by atoms with E-state index >= 15 is 0 Å². The van der Waals surface area contributed by atoms with Gasteiger partial charge in [0.05, 0.1) is 97.7 Å². The lowest BCUT2D eigenvalue weighted by Crippen LogP contribution is -2.68. The molecular weight excluding hydrogens is 1930 g/mol. The van der Waals surface area contributed by atoms with E-state index in [0.717, 1.165) is 58.6 Å². The van der Waals surface area contributed by atoms with E-state index in [0.29, 0.717) is 86.5 Å². The van der Waals surface area contributed by atoms with E-state index in [2.05, 4.69) is 179 Å². The Morgan fingerprint density at radius 3 is 0.871 bits per heavy atom. The fourth-order valence-corrected chi connectivity index (χ4v) is 71.0. The van der Waals surface area contributed by atoms with Crippen molar-refractivity contribution in [1.29, 1.82) is 0 Å². The molecule has 4 N–H and O–H groups in total. The fourth-order valence-electron chi connectivity index (χ4n) is 27.0. The third-order valence-electron chi connectivity index (χ3n) is 34.2. The quantitative estimate of drug-likeness (QED) is 0.108. The molecule has 2 aromatic heterocycles. The van der Waals surface area contributed by atoms with Gasteiger partial charge in [-0.2, -0.15) is 0 Å². The highest BCUT2D eigenvalue weighted by atomic mass is 32.1. The van der Waals surface area contributed by atoms with Crippen LogP contribution in [0, 0.1) is 23.7 Å². The second kappa shape index (κ2) is 41.3. The number of rotatable bonds is 10. The SMILES string of the molecule is CC1O[C@@H]2[C@H]([C@H]3[C@H]4OC(C)O[C@@H]4C[P@]3C)[P@](C)C[C@H]2O1.CO[C@@]1(C)OC2C[P@](C)[C@@H]([C@H]3[C@H]4O[C@](C)(OC)[C@@](C)(OC)O[C@@H]4C[P@@]3C)[C@H]2O[C@]1(C)OC.C[C@@H]1[C@H]([C@H]2[C@@H](C)[C@H](C)C[P@]2C)[P@](C)C[C@H]1C.C[P@@]1C[C@@H](O)[C@H](O)[C@@H]1[C@H]1[C@@H](O)[C@H](O)C[P@]1C.C[P@@]1Cc2c(sc3ccccc23)[C@@H]1[C@H]1c2sc3ccccc3c2C[P@]1C.C[P@]1C[C@H]2OC(C)(C)O[C@@H]2[C@@H]1[C@H]1[C@H]2OC(C)(C)O[C@@H]2C[P@]1C. The smallest absolute Gasteiger partial charge is 0.220 e. The van der Waals surface area contributed by atoms with Crippen LogP contribution in [-0.4, -0.2) is 392 Å². The molecule has 0 radical (unpaired) electrons. The maximum atomic E-state index is 9.99. The van der Waals surface area contributed by atoms with E-state index in [9.17, 15) is 20.4 Å². The Labute approximate surface area is 813 Å². The van der Waals surface area contributed by atoms with Crippen molar-refractivity contribution in [2.75, 3.05) is 170 Å². The third-order valence-corrected chi connectivity index (χ3v) is 69.7. The zero-order chi connectivity index (χ0) is 95.0. The molecule has 4 aromatic rings. The first-order chi connectivity index (χ1) is 62.2. The molecule has 0 spiro atoms. The summed E-state index contributed by atoms with van der Waals surface area (Å²) < 4.78 is 102. The van der Waals surface area contributed by atoms with Gasteiger partial charge >= 0.3 is 0 Å². The lowest BCUT2D eigenvalue weighted by atomic mass is 9.86. The van der Waals surface area contributed by atoms with Gasteiger partial charge in [-0.3, -0.25) is 0 Å². The van der Waals surface area contributed by atoms with E-state index in [4.69, 9.17) is 75.8 Å². The molecule has 18 aliphatic rings. The Bertz CT molecular complexity index is 4300. The van der Waals surface area contributed by atoms with E-state index < -0.39 is 75.0 Å². The Hall–Kier alpha value is 2.72. The molecule has 132 heavy (non-hydrogen) atoms. The van der Waals surface area contributed by atoms with E-state index in [1.54, 1.807) is 72.4 Å². The number of hydrogen-bond donors (Lipinski definition) is 4. The zero-order valence-corrected chi connectivity index (χ0v) is 96.6. The predicted molar refractivity (Wildman–Crippen MR) is 565 cm³/mol. The number of aliphatic hydroxyl groups is 4. The Morgan fingerprint density at radius 1 is 0.303 bits per heavy atom. The van der Waals surface area contributed by atoms with Gasteiger partial charge in [0.15, 0.2) is 24.2 Å². The number of hydrogen-bond acceptors (Lipinski definition) is 22. The van der Waals surface area contributed by atoms with Crippen molar-refractivity contribution < 1.29 is 96.2 Å². The van der Waals surface area contributed by atoms with E-state index in [1.807, 2.05) is 69.2 Å². The van der Waals surface area contributed by atoms with Crippen molar-refractivity contribution in [2.24, 2.45) is 23.7 Å². The molecule has 0 bridgehead atoms. The monoisotopic (exact) mass is 2090 g/mol. The number of fused-ring (bicyclic) bond motifs is 12.